The van der Waals surface area contributed by atoms with Crippen molar-refractivity contribution in [3.05, 3.63) is 63.6 Å². The minimum atomic E-state index is -0.439. The zero-order valence-electron chi connectivity index (χ0n) is 14.4. The van der Waals surface area contributed by atoms with Crippen LogP contribution in [-0.2, 0) is 4.79 Å². The maximum atomic E-state index is 12.0. The molecule has 0 unspecified atom stereocenters. The van der Waals surface area contributed by atoms with Crippen molar-refractivity contribution in [3.63, 3.8) is 0 Å². The van der Waals surface area contributed by atoms with Gasteiger partial charge in [-0.2, -0.15) is 0 Å². The smallest absolute Gasteiger partial charge is 0.276 e. The number of ether oxygens (including phenoxy) is 1. The first-order valence-corrected chi connectivity index (χ1v) is 8.75. The second-order valence-corrected chi connectivity index (χ2v) is 6.80. The number of hydrogen-bond donors (Lipinski definition) is 2. The Labute approximate surface area is 155 Å². The molecule has 0 radical (unpaired) electrons. The van der Waals surface area contributed by atoms with Gasteiger partial charge in [-0.25, -0.2) is 0 Å². The molecule has 0 spiro atoms. The lowest BCUT2D eigenvalue weighted by Gasteiger charge is -2.13. The van der Waals surface area contributed by atoms with Crippen molar-refractivity contribution in [3.8, 4) is 5.75 Å². The number of hydrazine groups is 1. The molecular formula is C19H21BrN2O3. The highest BCUT2D eigenvalue weighted by Crippen LogP contribution is 2.23. The van der Waals surface area contributed by atoms with Crippen LogP contribution in [0, 0.1) is 6.92 Å². The number of carbonyl (C=O) groups excluding carboxylic acids is 2. The fraction of sp³-hybridized carbons (Fsp3) is 0.263. The predicted molar refractivity (Wildman–Crippen MR) is 101 cm³/mol. The Morgan fingerprint density at radius 2 is 1.84 bits per heavy atom. The summed E-state index contributed by atoms with van der Waals surface area (Å²) >= 11 is 3.29. The number of halogens is 1. The summed E-state index contributed by atoms with van der Waals surface area (Å²) in [6, 6.07) is 12.7. The SMILES string of the molecule is Cc1cc(OCC(=O)NNC(=O)c2ccccc2Br)ccc1C(C)C. The number of carbonyl (C=O) groups is 2. The van der Waals surface area contributed by atoms with E-state index < -0.39 is 11.8 Å². The van der Waals surface area contributed by atoms with Gasteiger partial charge in [0.2, 0.25) is 0 Å². The van der Waals surface area contributed by atoms with E-state index in [0.29, 0.717) is 21.7 Å². The van der Waals surface area contributed by atoms with E-state index in [1.807, 2.05) is 25.1 Å². The molecule has 0 saturated carbocycles. The van der Waals surface area contributed by atoms with Crippen molar-refractivity contribution in [2.75, 3.05) is 6.61 Å². The standard InChI is InChI=1S/C19H21BrN2O3/c1-12(2)15-9-8-14(10-13(15)3)25-11-18(23)21-22-19(24)16-6-4-5-7-17(16)20/h4-10,12H,11H2,1-3H3,(H,21,23)(H,22,24). The van der Waals surface area contributed by atoms with Gasteiger partial charge in [0.15, 0.2) is 6.61 Å². The van der Waals surface area contributed by atoms with Gasteiger partial charge in [0.1, 0.15) is 5.75 Å². The summed E-state index contributed by atoms with van der Waals surface area (Å²) in [5.74, 6) is 0.211. The number of benzene rings is 2. The van der Waals surface area contributed by atoms with Crippen LogP contribution in [-0.4, -0.2) is 18.4 Å². The van der Waals surface area contributed by atoms with E-state index in [2.05, 4.69) is 40.6 Å². The molecule has 2 N–H and O–H groups in total. The van der Waals surface area contributed by atoms with Crippen LogP contribution in [0.25, 0.3) is 0 Å². The van der Waals surface area contributed by atoms with Crippen LogP contribution >= 0.6 is 15.9 Å². The number of rotatable bonds is 5. The van der Waals surface area contributed by atoms with Crippen LogP contribution in [0.3, 0.4) is 0 Å². The summed E-state index contributed by atoms with van der Waals surface area (Å²) in [4.78, 5) is 23.8. The highest BCUT2D eigenvalue weighted by molar-refractivity contribution is 9.10. The van der Waals surface area contributed by atoms with Crippen molar-refractivity contribution in [2.24, 2.45) is 0 Å². The second-order valence-electron chi connectivity index (χ2n) is 5.94. The van der Waals surface area contributed by atoms with E-state index in [1.165, 1.54) is 5.56 Å². The van der Waals surface area contributed by atoms with E-state index in [1.54, 1.807) is 24.3 Å². The predicted octanol–water partition coefficient (Wildman–Crippen LogP) is 3.72. The van der Waals surface area contributed by atoms with Gasteiger partial charge in [0.05, 0.1) is 5.56 Å². The molecule has 2 aromatic rings. The summed E-state index contributed by atoms with van der Waals surface area (Å²) in [5.41, 5.74) is 7.50. The molecule has 0 heterocycles. The molecule has 0 aliphatic rings. The number of hydrogen-bond acceptors (Lipinski definition) is 3. The minimum absolute atomic E-state index is 0.184. The number of aryl methyl sites for hydroxylation is 1. The van der Waals surface area contributed by atoms with Crippen molar-refractivity contribution in [2.45, 2.75) is 26.7 Å². The lowest BCUT2D eigenvalue weighted by Crippen LogP contribution is -2.43. The maximum Gasteiger partial charge on any atom is 0.276 e. The molecule has 2 amide bonds. The zero-order chi connectivity index (χ0) is 18.4. The van der Waals surface area contributed by atoms with Gasteiger partial charge in [-0.05, 0) is 64.2 Å². The first-order chi connectivity index (χ1) is 11.9. The molecule has 132 valence electrons. The summed E-state index contributed by atoms with van der Waals surface area (Å²) < 4.78 is 6.12. The van der Waals surface area contributed by atoms with Crippen LogP contribution < -0.4 is 15.6 Å². The van der Waals surface area contributed by atoms with Gasteiger partial charge in [0, 0.05) is 4.47 Å². The minimum Gasteiger partial charge on any atom is -0.484 e. The Morgan fingerprint density at radius 3 is 2.48 bits per heavy atom. The Kier molecular flexibility index (Phi) is 6.58. The highest BCUT2D eigenvalue weighted by Gasteiger charge is 2.11. The molecule has 2 aromatic carbocycles. The van der Waals surface area contributed by atoms with Crippen molar-refractivity contribution in [1.29, 1.82) is 0 Å². The van der Waals surface area contributed by atoms with Crippen LogP contribution in [0.5, 0.6) is 5.75 Å². The van der Waals surface area contributed by atoms with Gasteiger partial charge >= 0.3 is 0 Å². The van der Waals surface area contributed by atoms with Crippen LogP contribution in [0.2, 0.25) is 0 Å². The molecule has 0 aliphatic heterocycles. The molecule has 0 aliphatic carbocycles. The molecule has 0 fully saturated rings. The van der Waals surface area contributed by atoms with Crippen molar-refractivity contribution >= 4 is 27.7 Å². The quantitative estimate of drug-likeness (QED) is 0.746. The maximum absolute atomic E-state index is 12.0. The largest absolute Gasteiger partial charge is 0.484 e. The van der Waals surface area contributed by atoms with Crippen molar-refractivity contribution in [1.82, 2.24) is 10.9 Å². The Bertz CT molecular complexity index is 775. The number of amides is 2. The van der Waals surface area contributed by atoms with E-state index in [0.717, 1.165) is 5.56 Å². The molecule has 25 heavy (non-hydrogen) atoms. The van der Waals surface area contributed by atoms with Crippen LogP contribution in [0.1, 0.15) is 41.3 Å². The van der Waals surface area contributed by atoms with E-state index >= 15 is 0 Å². The average molecular weight is 405 g/mol. The van der Waals surface area contributed by atoms with Gasteiger partial charge in [-0.1, -0.05) is 32.0 Å². The average Bonchev–Trinajstić information content (AvgIpc) is 2.58. The summed E-state index contributed by atoms with van der Waals surface area (Å²) in [6.07, 6.45) is 0. The topological polar surface area (TPSA) is 67.4 Å². The molecule has 0 aromatic heterocycles. The third kappa shape index (κ3) is 5.32. The molecular weight excluding hydrogens is 384 g/mol. The lowest BCUT2D eigenvalue weighted by molar-refractivity contribution is -0.123. The third-order valence-corrected chi connectivity index (χ3v) is 4.36. The van der Waals surface area contributed by atoms with E-state index in [-0.39, 0.29) is 6.61 Å². The summed E-state index contributed by atoms with van der Waals surface area (Å²) in [7, 11) is 0. The Balaban J connectivity index is 1.84. The lowest BCUT2D eigenvalue weighted by atomic mass is 9.98. The summed E-state index contributed by atoms with van der Waals surface area (Å²) in [5, 5.41) is 0. The molecule has 0 saturated heterocycles. The number of nitrogens with one attached hydrogen (secondary N) is 2. The molecule has 0 atom stereocenters. The van der Waals surface area contributed by atoms with Crippen LogP contribution in [0.15, 0.2) is 46.9 Å². The van der Waals surface area contributed by atoms with Gasteiger partial charge in [-0.3, -0.25) is 20.4 Å². The van der Waals surface area contributed by atoms with Gasteiger partial charge < -0.3 is 4.74 Å². The van der Waals surface area contributed by atoms with Crippen molar-refractivity contribution < 1.29 is 14.3 Å². The second kappa shape index (κ2) is 8.67. The monoisotopic (exact) mass is 404 g/mol. The fourth-order valence-corrected chi connectivity index (χ4v) is 2.87. The normalized spacial score (nSPS) is 10.4. The molecule has 5 nitrogen and oxygen atoms in total. The summed E-state index contributed by atoms with van der Waals surface area (Å²) in [6.45, 7) is 6.09. The Morgan fingerprint density at radius 1 is 1.12 bits per heavy atom. The first kappa shape index (κ1) is 19.0. The first-order valence-electron chi connectivity index (χ1n) is 7.95. The van der Waals surface area contributed by atoms with E-state index in [4.69, 9.17) is 4.74 Å². The van der Waals surface area contributed by atoms with Crippen LogP contribution in [0.4, 0.5) is 0 Å². The van der Waals surface area contributed by atoms with Gasteiger partial charge in [0.25, 0.3) is 11.8 Å². The molecule has 2 rings (SSSR count). The third-order valence-electron chi connectivity index (χ3n) is 3.67. The molecule has 0 bridgehead atoms. The van der Waals surface area contributed by atoms with Gasteiger partial charge in [-0.15, -0.1) is 0 Å². The Hall–Kier alpha value is -2.34. The molecule has 6 heteroatoms. The zero-order valence-corrected chi connectivity index (χ0v) is 16.0. The highest BCUT2D eigenvalue weighted by atomic mass is 79.9. The van der Waals surface area contributed by atoms with E-state index in [9.17, 15) is 9.59 Å². The fourth-order valence-electron chi connectivity index (χ4n) is 2.41.